The van der Waals surface area contributed by atoms with E-state index in [2.05, 4.69) is 77.1 Å². The van der Waals surface area contributed by atoms with Crippen molar-refractivity contribution in [1.29, 1.82) is 0 Å². The number of fused-ring (bicyclic) bond motifs is 2. The van der Waals surface area contributed by atoms with Crippen LogP contribution in [0, 0.1) is 0 Å². The first-order chi connectivity index (χ1) is 14.5. The molecule has 0 aromatic heterocycles. The van der Waals surface area contributed by atoms with Gasteiger partial charge in [0, 0.05) is 21.5 Å². The van der Waals surface area contributed by atoms with Crippen LogP contribution in [0.15, 0.2) is 42.5 Å². The maximum absolute atomic E-state index is 6.44. The van der Waals surface area contributed by atoms with Crippen molar-refractivity contribution in [3.63, 3.8) is 0 Å². The minimum Gasteiger partial charge on any atom is -0.492 e. The molecule has 2 nitrogen and oxygen atoms in total. The first-order valence-electron chi connectivity index (χ1n) is 11.7. The van der Waals surface area contributed by atoms with Gasteiger partial charge in [-0.15, -0.1) is 0 Å². The Kier molecular flexibility index (Phi) is 7.64. The van der Waals surface area contributed by atoms with E-state index in [1.165, 1.54) is 36.6 Å². The van der Waals surface area contributed by atoms with Gasteiger partial charge in [-0.2, -0.15) is 0 Å². The standard InChI is InChI=1S/C28H38O2/c1-6-8-12-18-29-26-22-14-10-11-15-23(22)27(30-19-13-9-7-2)25-20-21(28(3,4)5)16-17-24(25)26/h10-11,14-17,20H,6-9,12-13,18-19H2,1-5H3. The minimum absolute atomic E-state index is 0.0848. The number of hydrogen-bond acceptors (Lipinski definition) is 2. The molecule has 0 bridgehead atoms. The third-order valence-corrected chi connectivity index (χ3v) is 5.78. The van der Waals surface area contributed by atoms with Crippen LogP contribution in [0.4, 0.5) is 0 Å². The molecule has 0 saturated carbocycles. The van der Waals surface area contributed by atoms with Gasteiger partial charge in [0.05, 0.1) is 13.2 Å². The van der Waals surface area contributed by atoms with Crippen molar-refractivity contribution < 1.29 is 9.47 Å². The molecular weight excluding hydrogens is 368 g/mol. The lowest BCUT2D eigenvalue weighted by Crippen LogP contribution is -2.11. The molecular formula is C28H38O2. The summed E-state index contributed by atoms with van der Waals surface area (Å²) in [5.74, 6) is 2.00. The summed E-state index contributed by atoms with van der Waals surface area (Å²) >= 11 is 0. The van der Waals surface area contributed by atoms with Gasteiger partial charge in [0.1, 0.15) is 11.5 Å². The van der Waals surface area contributed by atoms with Gasteiger partial charge in [0.25, 0.3) is 0 Å². The SMILES string of the molecule is CCCCCOc1c2ccccc2c(OCCCCC)c2cc(C(C)(C)C)ccc12. The van der Waals surface area contributed by atoms with E-state index in [9.17, 15) is 0 Å². The quantitative estimate of drug-likeness (QED) is 0.248. The second kappa shape index (κ2) is 10.2. The van der Waals surface area contributed by atoms with E-state index < -0.39 is 0 Å². The number of unbranched alkanes of at least 4 members (excludes halogenated alkanes) is 4. The Morgan fingerprint density at radius 1 is 0.633 bits per heavy atom. The average molecular weight is 407 g/mol. The molecule has 0 amide bonds. The highest BCUT2D eigenvalue weighted by Crippen LogP contribution is 2.44. The molecule has 0 N–H and O–H groups in total. The summed E-state index contributed by atoms with van der Waals surface area (Å²) in [6.07, 6.45) is 6.96. The molecule has 3 rings (SSSR count). The normalized spacial score (nSPS) is 11.9. The van der Waals surface area contributed by atoms with Crippen LogP contribution in [0.3, 0.4) is 0 Å². The zero-order valence-corrected chi connectivity index (χ0v) is 19.5. The van der Waals surface area contributed by atoms with Crippen LogP contribution in [0.2, 0.25) is 0 Å². The fourth-order valence-corrected chi connectivity index (χ4v) is 3.93. The molecule has 0 saturated heterocycles. The van der Waals surface area contributed by atoms with Gasteiger partial charge in [-0.3, -0.25) is 0 Å². The highest BCUT2D eigenvalue weighted by molar-refractivity contribution is 6.11. The molecule has 3 aromatic carbocycles. The van der Waals surface area contributed by atoms with Gasteiger partial charge >= 0.3 is 0 Å². The minimum atomic E-state index is 0.0848. The van der Waals surface area contributed by atoms with Crippen LogP contribution in [0.1, 0.15) is 78.7 Å². The van der Waals surface area contributed by atoms with Crippen LogP contribution in [0.25, 0.3) is 21.5 Å². The van der Waals surface area contributed by atoms with Crippen molar-refractivity contribution in [3.05, 3.63) is 48.0 Å². The van der Waals surface area contributed by atoms with E-state index in [0.717, 1.165) is 53.7 Å². The smallest absolute Gasteiger partial charge is 0.135 e. The monoisotopic (exact) mass is 406 g/mol. The Hall–Kier alpha value is -2.22. The molecule has 0 aliphatic rings. The van der Waals surface area contributed by atoms with Gasteiger partial charge in [-0.25, -0.2) is 0 Å². The lowest BCUT2D eigenvalue weighted by molar-refractivity contribution is 0.308. The van der Waals surface area contributed by atoms with Crippen molar-refractivity contribution >= 4 is 21.5 Å². The summed E-state index contributed by atoms with van der Waals surface area (Å²) < 4.78 is 12.8. The Bertz CT molecular complexity index is 966. The summed E-state index contributed by atoms with van der Waals surface area (Å²) in [6, 6.07) is 15.3. The highest BCUT2D eigenvalue weighted by Gasteiger charge is 2.20. The Labute approximate surface area is 182 Å². The van der Waals surface area contributed by atoms with Crippen molar-refractivity contribution in [3.8, 4) is 11.5 Å². The summed E-state index contributed by atoms with van der Waals surface area (Å²) in [7, 11) is 0. The van der Waals surface area contributed by atoms with Crippen LogP contribution in [0.5, 0.6) is 11.5 Å². The summed E-state index contributed by atoms with van der Waals surface area (Å²) in [4.78, 5) is 0. The van der Waals surface area contributed by atoms with E-state index in [1.54, 1.807) is 0 Å². The Morgan fingerprint density at radius 2 is 1.13 bits per heavy atom. The van der Waals surface area contributed by atoms with E-state index in [-0.39, 0.29) is 5.41 Å². The summed E-state index contributed by atoms with van der Waals surface area (Å²) in [6.45, 7) is 12.8. The van der Waals surface area contributed by atoms with E-state index in [1.807, 2.05) is 0 Å². The molecule has 0 aliphatic heterocycles. The van der Waals surface area contributed by atoms with E-state index in [4.69, 9.17) is 9.47 Å². The van der Waals surface area contributed by atoms with Gasteiger partial charge in [-0.1, -0.05) is 96.7 Å². The highest BCUT2D eigenvalue weighted by atomic mass is 16.5. The molecule has 0 aliphatic carbocycles. The van der Waals surface area contributed by atoms with Crippen LogP contribution < -0.4 is 9.47 Å². The summed E-state index contributed by atoms with van der Waals surface area (Å²) in [5, 5.41) is 4.63. The van der Waals surface area contributed by atoms with Crippen molar-refractivity contribution in [2.24, 2.45) is 0 Å². The van der Waals surface area contributed by atoms with Gasteiger partial charge in [0.2, 0.25) is 0 Å². The van der Waals surface area contributed by atoms with Gasteiger partial charge in [-0.05, 0) is 29.9 Å². The first kappa shape index (κ1) is 22.5. The fraction of sp³-hybridized carbons (Fsp3) is 0.500. The molecule has 3 aromatic rings. The zero-order valence-electron chi connectivity index (χ0n) is 19.5. The maximum atomic E-state index is 6.44. The molecule has 0 atom stereocenters. The predicted octanol–water partition coefficient (Wildman–Crippen LogP) is 8.43. The molecule has 0 spiro atoms. The Morgan fingerprint density at radius 3 is 1.63 bits per heavy atom. The van der Waals surface area contributed by atoms with Gasteiger partial charge < -0.3 is 9.47 Å². The predicted molar refractivity (Wildman–Crippen MR) is 130 cm³/mol. The van der Waals surface area contributed by atoms with Gasteiger partial charge in [0.15, 0.2) is 0 Å². The molecule has 30 heavy (non-hydrogen) atoms. The van der Waals surface area contributed by atoms with Crippen molar-refractivity contribution in [2.45, 2.75) is 78.6 Å². The van der Waals surface area contributed by atoms with Crippen LogP contribution in [-0.4, -0.2) is 13.2 Å². The number of hydrogen-bond donors (Lipinski definition) is 0. The number of rotatable bonds is 10. The first-order valence-corrected chi connectivity index (χ1v) is 11.7. The largest absolute Gasteiger partial charge is 0.492 e. The second-order valence-corrected chi connectivity index (χ2v) is 9.33. The third-order valence-electron chi connectivity index (χ3n) is 5.78. The zero-order chi connectivity index (χ0) is 21.6. The lowest BCUT2D eigenvalue weighted by atomic mass is 9.85. The summed E-state index contributed by atoms with van der Waals surface area (Å²) in [5.41, 5.74) is 1.40. The van der Waals surface area contributed by atoms with E-state index >= 15 is 0 Å². The lowest BCUT2D eigenvalue weighted by Gasteiger charge is -2.22. The molecule has 0 unspecified atom stereocenters. The van der Waals surface area contributed by atoms with Crippen molar-refractivity contribution in [2.75, 3.05) is 13.2 Å². The van der Waals surface area contributed by atoms with Crippen LogP contribution in [-0.2, 0) is 5.41 Å². The molecule has 2 heteroatoms. The van der Waals surface area contributed by atoms with Crippen LogP contribution >= 0.6 is 0 Å². The molecule has 0 fully saturated rings. The topological polar surface area (TPSA) is 18.5 Å². The Balaban J connectivity index is 2.16. The maximum Gasteiger partial charge on any atom is 0.135 e. The second-order valence-electron chi connectivity index (χ2n) is 9.33. The fourth-order valence-electron chi connectivity index (χ4n) is 3.93. The molecule has 0 radical (unpaired) electrons. The number of ether oxygens (including phenoxy) is 2. The average Bonchev–Trinajstić information content (AvgIpc) is 2.73. The van der Waals surface area contributed by atoms with Crippen molar-refractivity contribution in [1.82, 2.24) is 0 Å². The van der Waals surface area contributed by atoms with E-state index in [0.29, 0.717) is 0 Å². The molecule has 0 heterocycles. The number of benzene rings is 3. The molecule has 162 valence electrons. The third kappa shape index (κ3) is 5.09.